The highest BCUT2D eigenvalue weighted by Gasteiger charge is 2.15. The number of rotatable bonds is 4. The van der Waals surface area contributed by atoms with Crippen LogP contribution < -0.4 is 5.32 Å². The number of carboxylic acids is 1. The maximum absolute atomic E-state index is 10.9. The fourth-order valence-electron chi connectivity index (χ4n) is 1.68. The monoisotopic (exact) mass is 255 g/mol. The van der Waals surface area contributed by atoms with E-state index in [0.717, 1.165) is 19.4 Å². The summed E-state index contributed by atoms with van der Waals surface area (Å²) in [5, 5.41) is 18.4. The number of nitrogens with zero attached hydrogens (tertiary/aromatic N) is 1. The van der Waals surface area contributed by atoms with Gasteiger partial charge in [0.2, 0.25) is 0 Å². The largest absolute Gasteiger partial charge is 0.478 e. The topological polar surface area (TPSA) is 87.2 Å². The summed E-state index contributed by atoms with van der Waals surface area (Å²) in [5.41, 5.74) is 0.0461. The number of hydrogen-bond acceptors (Lipinski definition) is 5. The van der Waals surface area contributed by atoms with Crippen LogP contribution in [0.4, 0.5) is 5.82 Å². The summed E-state index contributed by atoms with van der Waals surface area (Å²) in [6.45, 7) is 1.41. The van der Waals surface area contributed by atoms with Crippen LogP contribution in [0.1, 0.15) is 23.2 Å². The Morgan fingerprint density at radius 2 is 2.59 bits per heavy atom. The molecule has 1 atom stereocenters. The molecule has 17 heavy (non-hydrogen) atoms. The number of aromatic amines is 1. The van der Waals surface area contributed by atoms with Crippen molar-refractivity contribution in [3.63, 3.8) is 0 Å². The number of carbonyl (C=O) groups is 1. The summed E-state index contributed by atoms with van der Waals surface area (Å²) < 4.78 is 5.56. The number of aromatic nitrogens is 2. The molecular formula is C10H13N3O3S. The molecule has 0 amide bonds. The van der Waals surface area contributed by atoms with Crippen molar-refractivity contribution >= 4 is 24.0 Å². The van der Waals surface area contributed by atoms with Gasteiger partial charge < -0.3 is 15.2 Å². The first-order valence-corrected chi connectivity index (χ1v) is 5.76. The van der Waals surface area contributed by atoms with Crippen LogP contribution in [0.3, 0.4) is 0 Å². The van der Waals surface area contributed by atoms with E-state index in [1.807, 2.05) is 0 Å². The highest BCUT2D eigenvalue weighted by Crippen LogP contribution is 2.13. The summed E-state index contributed by atoms with van der Waals surface area (Å²) in [4.78, 5) is 10.9. The molecule has 1 aliphatic heterocycles. The Hall–Kier alpha value is -1.47. The average molecular weight is 255 g/mol. The number of aromatic carboxylic acids is 1. The fourth-order valence-corrected chi connectivity index (χ4v) is 1.87. The van der Waals surface area contributed by atoms with Crippen molar-refractivity contribution in [2.45, 2.75) is 18.9 Å². The van der Waals surface area contributed by atoms with E-state index in [2.05, 4.69) is 15.5 Å². The van der Waals surface area contributed by atoms with Gasteiger partial charge in [0, 0.05) is 13.2 Å². The second-order valence-corrected chi connectivity index (χ2v) is 4.23. The Kier molecular flexibility index (Phi) is 3.70. The molecule has 1 aromatic heterocycles. The van der Waals surface area contributed by atoms with Crippen molar-refractivity contribution in [1.29, 1.82) is 0 Å². The summed E-state index contributed by atoms with van der Waals surface area (Å²) in [7, 11) is 0. The van der Waals surface area contributed by atoms with Crippen LogP contribution in [0.25, 0.3) is 0 Å². The molecule has 0 spiro atoms. The lowest BCUT2D eigenvalue weighted by Crippen LogP contribution is -2.19. The van der Waals surface area contributed by atoms with E-state index in [0.29, 0.717) is 12.4 Å². The van der Waals surface area contributed by atoms with Gasteiger partial charge in [-0.05, 0) is 18.9 Å². The molecule has 3 N–H and O–H groups in total. The highest BCUT2D eigenvalue weighted by molar-refractivity contribution is 7.71. The van der Waals surface area contributed by atoms with Crippen LogP contribution in [0.5, 0.6) is 0 Å². The van der Waals surface area contributed by atoms with Crippen LogP contribution in [0.15, 0.2) is 6.07 Å². The predicted molar refractivity (Wildman–Crippen MR) is 63.8 cm³/mol. The van der Waals surface area contributed by atoms with E-state index in [9.17, 15) is 4.79 Å². The summed E-state index contributed by atoms with van der Waals surface area (Å²) in [6.07, 6.45) is 2.26. The van der Waals surface area contributed by atoms with Crippen LogP contribution in [-0.4, -0.2) is 40.5 Å². The Balaban J connectivity index is 2.03. The van der Waals surface area contributed by atoms with Gasteiger partial charge in [-0.25, -0.2) is 4.79 Å². The molecule has 0 aliphatic carbocycles. The van der Waals surface area contributed by atoms with Gasteiger partial charge in [0.1, 0.15) is 10.5 Å². The Labute approximate surface area is 103 Å². The molecule has 92 valence electrons. The SMILES string of the molecule is O=C(O)c1cc(NCC2CCCO2)n[nH]c1=S. The predicted octanol–water partition coefficient (Wildman–Crippen LogP) is 1.43. The van der Waals surface area contributed by atoms with E-state index in [4.69, 9.17) is 22.1 Å². The molecule has 0 saturated carbocycles. The molecule has 6 nitrogen and oxygen atoms in total. The zero-order chi connectivity index (χ0) is 12.3. The van der Waals surface area contributed by atoms with Crippen molar-refractivity contribution in [1.82, 2.24) is 10.2 Å². The molecule has 0 aromatic carbocycles. The smallest absolute Gasteiger partial charge is 0.338 e. The molecule has 0 radical (unpaired) electrons. The van der Waals surface area contributed by atoms with Gasteiger partial charge in [-0.15, -0.1) is 0 Å². The molecule has 1 aromatic rings. The average Bonchev–Trinajstić information content (AvgIpc) is 2.80. The number of nitrogens with one attached hydrogen (secondary N) is 2. The maximum atomic E-state index is 10.9. The van der Waals surface area contributed by atoms with Crippen molar-refractivity contribution in [3.8, 4) is 0 Å². The molecule has 1 aliphatic rings. The second-order valence-electron chi connectivity index (χ2n) is 3.82. The van der Waals surface area contributed by atoms with E-state index in [-0.39, 0.29) is 16.3 Å². The van der Waals surface area contributed by atoms with Crippen molar-refractivity contribution < 1.29 is 14.6 Å². The van der Waals surface area contributed by atoms with Crippen molar-refractivity contribution in [3.05, 3.63) is 16.3 Å². The molecule has 1 fully saturated rings. The molecule has 0 bridgehead atoms. The Morgan fingerprint density at radius 3 is 3.24 bits per heavy atom. The van der Waals surface area contributed by atoms with Crippen LogP contribution in [0, 0.1) is 4.64 Å². The third kappa shape index (κ3) is 3.01. The minimum Gasteiger partial charge on any atom is -0.478 e. The van der Waals surface area contributed by atoms with Crippen molar-refractivity contribution in [2.75, 3.05) is 18.5 Å². The highest BCUT2D eigenvalue weighted by atomic mass is 32.1. The molecule has 1 saturated heterocycles. The standard InChI is InChI=1S/C10H13N3O3S/c14-10(15)7-4-8(12-13-9(7)17)11-5-6-2-1-3-16-6/h4,6H,1-3,5H2,(H,11,12)(H,13,17)(H,14,15). The van der Waals surface area contributed by atoms with Crippen LogP contribution >= 0.6 is 12.2 Å². The number of anilines is 1. The summed E-state index contributed by atoms with van der Waals surface area (Å²) in [6, 6.07) is 1.43. The number of ether oxygens (including phenoxy) is 1. The molecule has 1 unspecified atom stereocenters. The van der Waals surface area contributed by atoms with E-state index >= 15 is 0 Å². The van der Waals surface area contributed by atoms with E-state index in [1.165, 1.54) is 6.07 Å². The van der Waals surface area contributed by atoms with Gasteiger partial charge in [0.05, 0.1) is 11.7 Å². The normalized spacial score (nSPS) is 19.2. The van der Waals surface area contributed by atoms with Gasteiger partial charge in [-0.2, -0.15) is 5.10 Å². The number of hydrogen-bond donors (Lipinski definition) is 3. The zero-order valence-corrected chi connectivity index (χ0v) is 9.92. The lowest BCUT2D eigenvalue weighted by atomic mass is 10.2. The first-order chi connectivity index (χ1) is 8.16. The second kappa shape index (κ2) is 5.24. The van der Waals surface area contributed by atoms with Crippen LogP contribution in [-0.2, 0) is 4.74 Å². The van der Waals surface area contributed by atoms with Gasteiger partial charge >= 0.3 is 5.97 Å². The van der Waals surface area contributed by atoms with E-state index < -0.39 is 5.97 Å². The minimum atomic E-state index is -1.06. The quantitative estimate of drug-likeness (QED) is 0.705. The Morgan fingerprint density at radius 1 is 1.76 bits per heavy atom. The fraction of sp³-hybridized carbons (Fsp3) is 0.500. The number of H-pyrrole nitrogens is 1. The molecular weight excluding hydrogens is 242 g/mol. The lowest BCUT2D eigenvalue weighted by Gasteiger charge is -2.11. The summed E-state index contributed by atoms with van der Waals surface area (Å²) >= 11 is 4.83. The maximum Gasteiger partial charge on any atom is 0.338 e. The van der Waals surface area contributed by atoms with Gasteiger partial charge in [-0.1, -0.05) is 12.2 Å². The third-order valence-corrected chi connectivity index (χ3v) is 2.88. The molecule has 7 heteroatoms. The molecule has 2 rings (SSSR count). The van der Waals surface area contributed by atoms with Crippen LogP contribution in [0.2, 0.25) is 0 Å². The number of carboxylic acid groups (broad SMARTS) is 1. The first-order valence-electron chi connectivity index (χ1n) is 5.35. The van der Waals surface area contributed by atoms with Gasteiger partial charge in [-0.3, -0.25) is 5.10 Å². The third-order valence-electron chi connectivity index (χ3n) is 2.57. The Bertz CT molecular complexity index is 468. The van der Waals surface area contributed by atoms with Crippen molar-refractivity contribution in [2.24, 2.45) is 0 Å². The van der Waals surface area contributed by atoms with Gasteiger partial charge in [0.15, 0.2) is 0 Å². The summed E-state index contributed by atoms with van der Waals surface area (Å²) in [5.74, 6) is -0.597. The first kappa shape index (κ1) is 12.0. The molecule has 2 heterocycles. The zero-order valence-electron chi connectivity index (χ0n) is 9.10. The van der Waals surface area contributed by atoms with E-state index in [1.54, 1.807) is 0 Å². The lowest BCUT2D eigenvalue weighted by molar-refractivity contribution is 0.0695. The van der Waals surface area contributed by atoms with Gasteiger partial charge in [0.25, 0.3) is 0 Å². The minimum absolute atomic E-state index is 0.0461.